The van der Waals surface area contributed by atoms with Crippen molar-refractivity contribution < 1.29 is 5.11 Å². The summed E-state index contributed by atoms with van der Waals surface area (Å²) >= 11 is 0. The van der Waals surface area contributed by atoms with E-state index >= 15 is 0 Å². The van der Waals surface area contributed by atoms with Gasteiger partial charge in [-0.1, -0.05) is 20.8 Å². The van der Waals surface area contributed by atoms with Gasteiger partial charge in [-0.05, 0) is 47.7 Å². The Morgan fingerprint density at radius 3 is 2.56 bits per heavy atom. The smallest absolute Gasteiger partial charge is 0.116 e. The van der Waals surface area contributed by atoms with E-state index in [1.165, 1.54) is 16.7 Å². The fourth-order valence-electron chi connectivity index (χ4n) is 2.45. The summed E-state index contributed by atoms with van der Waals surface area (Å²) < 4.78 is 0. The van der Waals surface area contributed by atoms with Gasteiger partial charge in [-0.3, -0.25) is 0 Å². The molecule has 1 aliphatic rings. The Labute approximate surface area is 97.9 Å². The third-order valence-electron chi connectivity index (χ3n) is 3.33. The molecule has 0 saturated carbocycles. The number of hydrogen-bond acceptors (Lipinski definition) is 2. The van der Waals surface area contributed by atoms with Crippen molar-refractivity contribution in [3.8, 4) is 5.75 Å². The van der Waals surface area contributed by atoms with Crippen molar-refractivity contribution in [2.24, 2.45) is 0 Å². The van der Waals surface area contributed by atoms with Crippen molar-refractivity contribution in [3.63, 3.8) is 0 Å². The molecule has 0 unspecified atom stereocenters. The Bertz CT molecular complexity index is 404. The Hall–Kier alpha value is -1.02. The molecular formula is C14H21NO. The van der Waals surface area contributed by atoms with E-state index in [9.17, 15) is 5.11 Å². The zero-order valence-corrected chi connectivity index (χ0v) is 10.7. The van der Waals surface area contributed by atoms with Gasteiger partial charge in [0.25, 0.3) is 0 Å². The lowest BCUT2D eigenvalue weighted by Crippen LogP contribution is -2.29. The molecule has 0 saturated heterocycles. The molecule has 2 heteroatoms. The fraction of sp³-hybridized carbons (Fsp3) is 0.571. The van der Waals surface area contributed by atoms with Gasteiger partial charge in [0.15, 0.2) is 0 Å². The molecule has 16 heavy (non-hydrogen) atoms. The first-order valence-corrected chi connectivity index (χ1v) is 5.92. The van der Waals surface area contributed by atoms with Gasteiger partial charge in [0, 0.05) is 13.1 Å². The second-order valence-electron chi connectivity index (χ2n) is 5.87. The third kappa shape index (κ3) is 2.07. The van der Waals surface area contributed by atoms with E-state index < -0.39 is 0 Å². The van der Waals surface area contributed by atoms with Crippen LogP contribution in [-0.4, -0.2) is 23.6 Å². The molecule has 0 amide bonds. The summed E-state index contributed by atoms with van der Waals surface area (Å²) in [5.41, 5.74) is 4.12. The summed E-state index contributed by atoms with van der Waals surface area (Å²) in [6, 6.07) is 3.86. The maximum Gasteiger partial charge on any atom is 0.116 e. The predicted octanol–water partition coefficient (Wildman–Crippen LogP) is 2.68. The highest BCUT2D eigenvalue weighted by atomic mass is 16.3. The zero-order chi connectivity index (χ0) is 11.9. The number of fused-ring (bicyclic) bond motifs is 1. The minimum Gasteiger partial charge on any atom is -0.508 e. The predicted molar refractivity (Wildman–Crippen MR) is 66.8 cm³/mol. The average Bonchev–Trinajstić information content (AvgIpc) is 2.16. The van der Waals surface area contributed by atoms with Gasteiger partial charge in [0.05, 0.1) is 0 Å². The molecule has 0 aromatic heterocycles. The summed E-state index contributed by atoms with van der Waals surface area (Å²) in [6.07, 6.45) is 1.04. The summed E-state index contributed by atoms with van der Waals surface area (Å²) in [7, 11) is 2.15. The van der Waals surface area contributed by atoms with Crippen LogP contribution < -0.4 is 0 Å². The largest absolute Gasteiger partial charge is 0.508 e. The minimum atomic E-state index is 0.0982. The second kappa shape index (κ2) is 3.77. The molecule has 1 N–H and O–H groups in total. The van der Waals surface area contributed by atoms with Crippen molar-refractivity contribution in [1.82, 2.24) is 4.90 Å². The van der Waals surface area contributed by atoms with Crippen LogP contribution in [0.25, 0.3) is 0 Å². The molecule has 0 bridgehead atoms. The standard InChI is InChI=1S/C14H21NO/c1-14(2,3)13-8-11(16)7-10-5-6-15(4)9-12(10)13/h7-8,16H,5-6,9H2,1-4H3. The second-order valence-corrected chi connectivity index (χ2v) is 5.87. The van der Waals surface area contributed by atoms with Crippen LogP contribution in [0.1, 0.15) is 37.5 Å². The summed E-state index contributed by atoms with van der Waals surface area (Å²) in [6.45, 7) is 8.70. The molecule has 1 aromatic carbocycles. The molecular weight excluding hydrogens is 198 g/mol. The minimum absolute atomic E-state index is 0.0982. The van der Waals surface area contributed by atoms with Crippen LogP contribution in [0.15, 0.2) is 12.1 Å². The van der Waals surface area contributed by atoms with Crippen molar-refractivity contribution in [2.45, 2.75) is 39.2 Å². The van der Waals surface area contributed by atoms with Crippen molar-refractivity contribution in [2.75, 3.05) is 13.6 Å². The van der Waals surface area contributed by atoms with Crippen molar-refractivity contribution >= 4 is 0 Å². The Morgan fingerprint density at radius 1 is 1.25 bits per heavy atom. The molecule has 88 valence electrons. The lowest BCUT2D eigenvalue weighted by molar-refractivity contribution is 0.308. The molecule has 1 aliphatic heterocycles. The molecule has 0 atom stereocenters. The Balaban J connectivity index is 2.56. The number of phenols is 1. The van der Waals surface area contributed by atoms with Gasteiger partial charge in [-0.15, -0.1) is 0 Å². The monoisotopic (exact) mass is 219 g/mol. The van der Waals surface area contributed by atoms with Crippen LogP contribution >= 0.6 is 0 Å². The van der Waals surface area contributed by atoms with E-state index in [0.29, 0.717) is 5.75 Å². The molecule has 1 aromatic rings. The van der Waals surface area contributed by atoms with Crippen LogP contribution in [0.2, 0.25) is 0 Å². The quantitative estimate of drug-likeness (QED) is 0.725. The highest BCUT2D eigenvalue weighted by Gasteiger charge is 2.24. The summed E-state index contributed by atoms with van der Waals surface area (Å²) in [5, 5.41) is 9.78. The average molecular weight is 219 g/mol. The Morgan fingerprint density at radius 2 is 1.94 bits per heavy atom. The number of aromatic hydroxyl groups is 1. The van der Waals surface area contributed by atoms with Crippen molar-refractivity contribution in [1.29, 1.82) is 0 Å². The maximum atomic E-state index is 9.78. The number of phenolic OH excluding ortho intramolecular Hbond substituents is 1. The topological polar surface area (TPSA) is 23.5 Å². The fourth-order valence-corrected chi connectivity index (χ4v) is 2.45. The first kappa shape index (κ1) is 11.5. The number of likely N-dealkylation sites (N-methyl/N-ethyl adjacent to an activating group) is 1. The molecule has 0 spiro atoms. The lowest BCUT2D eigenvalue weighted by Gasteiger charge is -2.31. The van der Waals surface area contributed by atoms with E-state index in [2.05, 4.69) is 32.7 Å². The zero-order valence-electron chi connectivity index (χ0n) is 10.7. The highest BCUT2D eigenvalue weighted by Crippen LogP contribution is 2.34. The third-order valence-corrected chi connectivity index (χ3v) is 3.33. The molecule has 1 heterocycles. The normalized spacial score (nSPS) is 17.2. The van der Waals surface area contributed by atoms with Crippen LogP contribution in [0, 0.1) is 0 Å². The van der Waals surface area contributed by atoms with Gasteiger partial charge in [-0.2, -0.15) is 0 Å². The van der Waals surface area contributed by atoms with E-state index in [-0.39, 0.29) is 5.41 Å². The number of nitrogens with zero attached hydrogens (tertiary/aromatic N) is 1. The number of hydrogen-bond donors (Lipinski definition) is 1. The van der Waals surface area contributed by atoms with Crippen molar-refractivity contribution in [3.05, 3.63) is 28.8 Å². The number of rotatable bonds is 0. The Kier molecular flexibility index (Phi) is 2.70. The summed E-state index contributed by atoms with van der Waals surface area (Å²) in [4.78, 5) is 2.34. The van der Waals surface area contributed by atoms with E-state index in [4.69, 9.17) is 0 Å². The molecule has 2 rings (SSSR count). The van der Waals surface area contributed by atoms with E-state index in [1.807, 2.05) is 12.1 Å². The first-order chi connectivity index (χ1) is 7.38. The van der Waals surface area contributed by atoms with Crippen LogP contribution in [0.4, 0.5) is 0 Å². The molecule has 0 radical (unpaired) electrons. The van der Waals surface area contributed by atoms with Gasteiger partial charge >= 0.3 is 0 Å². The van der Waals surface area contributed by atoms with E-state index in [1.54, 1.807) is 0 Å². The molecule has 2 nitrogen and oxygen atoms in total. The summed E-state index contributed by atoms with van der Waals surface area (Å²) in [5.74, 6) is 0.410. The van der Waals surface area contributed by atoms with E-state index in [0.717, 1.165) is 19.5 Å². The SMILES string of the molecule is CN1CCc2cc(O)cc(C(C)(C)C)c2C1. The maximum absolute atomic E-state index is 9.78. The van der Waals surface area contributed by atoms with Gasteiger partial charge in [-0.25, -0.2) is 0 Å². The van der Waals surface area contributed by atoms with Gasteiger partial charge in [0.1, 0.15) is 5.75 Å². The van der Waals surface area contributed by atoms with Gasteiger partial charge in [0.2, 0.25) is 0 Å². The number of benzene rings is 1. The van der Waals surface area contributed by atoms with Crippen LogP contribution in [0.5, 0.6) is 5.75 Å². The van der Waals surface area contributed by atoms with Gasteiger partial charge < -0.3 is 10.0 Å². The lowest BCUT2D eigenvalue weighted by atomic mass is 9.80. The highest BCUT2D eigenvalue weighted by molar-refractivity contribution is 5.46. The van der Waals surface area contributed by atoms with Crippen LogP contribution in [0.3, 0.4) is 0 Å². The molecule has 0 aliphatic carbocycles. The first-order valence-electron chi connectivity index (χ1n) is 5.92. The molecule has 0 fully saturated rings. The van der Waals surface area contributed by atoms with Crippen LogP contribution in [-0.2, 0) is 18.4 Å².